The van der Waals surface area contributed by atoms with Crippen molar-refractivity contribution in [1.82, 2.24) is 4.98 Å². The second-order valence-corrected chi connectivity index (χ2v) is 3.72. The highest BCUT2D eigenvalue weighted by molar-refractivity contribution is 7.08. The molecule has 0 N–H and O–H groups in total. The Morgan fingerprint density at radius 3 is 3.00 bits per heavy atom. The standard InChI is InChI=1S/C9H8ClNOS/c1-6-8(4-10)12-9(11-6)7-2-3-13-5-7/h2-3,5H,4H2,1H3. The second kappa shape index (κ2) is 3.52. The molecule has 2 heterocycles. The summed E-state index contributed by atoms with van der Waals surface area (Å²) < 4.78 is 5.47. The number of aromatic nitrogens is 1. The molecular weight excluding hydrogens is 206 g/mol. The summed E-state index contributed by atoms with van der Waals surface area (Å²) in [6, 6.07) is 1.98. The number of hydrogen-bond acceptors (Lipinski definition) is 3. The molecule has 0 unspecified atom stereocenters. The first-order valence-corrected chi connectivity index (χ1v) is 5.34. The molecule has 0 amide bonds. The molecule has 0 bridgehead atoms. The van der Waals surface area contributed by atoms with Crippen LogP contribution < -0.4 is 0 Å². The molecule has 0 aliphatic heterocycles. The van der Waals surface area contributed by atoms with E-state index in [-0.39, 0.29) is 0 Å². The van der Waals surface area contributed by atoms with Gasteiger partial charge in [0, 0.05) is 10.9 Å². The Bertz CT molecular complexity index is 394. The van der Waals surface area contributed by atoms with Gasteiger partial charge in [0.15, 0.2) is 0 Å². The van der Waals surface area contributed by atoms with E-state index in [1.165, 1.54) is 0 Å². The molecule has 68 valence electrons. The number of aryl methyl sites for hydroxylation is 1. The molecule has 0 radical (unpaired) electrons. The second-order valence-electron chi connectivity index (χ2n) is 2.67. The van der Waals surface area contributed by atoms with Gasteiger partial charge in [-0.3, -0.25) is 0 Å². The monoisotopic (exact) mass is 213 g/mol. The van der Waals surface area contributed by atoms with E-state index in [1.807, 2.05) is 23.8 Å². The van der Waals surface area contributed by atoms with Gasteiger partial charge in [-0.25, -0.2) is 4.98 Å². The average molecular weight is 214 g/mol. The Morgan fingerprint density at radius 2 is 2.46 bits per heavy atom. The van der Waals surface area contributed by atoms with Crippen molar-refractivity contribution in [3.8, 4) is 11.5 Å². The Balaban J connectivity index is 2.43. The molecule has 2 nitrogen and oxygen atoms in total. The summed E-state index contributed by atoms with van der Waals surface area (Å²) in [5.74, 6) is 1.79. The van der Waals surface area contributed by atoms with Crippen molar-refractivity contribution in [2.24, 2.45) is 0 Å². The summed E-state index contributed by atoms with van der Waals surface area (Å²) in [5.41, 5.74) is 1.89. The van der Waals surface area contributed by atoms with E-state index >= 15 is 0 Å². The van der Waals surface area contributed by atoms with Crippen LogP contribution in [0.4, 0.5) is 0 Å². The van der Waals surface area contributed by atoms with Gasteiger partial charge in [0.05, 0.1) is 11.6 Å². The van der Waals surface area contributed by atoms with Gasteiger partial charge < -0.3 is 4.42 Å². The summed E-state index contributed by atoms with van der Waals surface area (Å²) in [5, 5.41) is 4.00. The predicted octanol–water partition coefficient (Wildman–Crippen LogP) is 3.45. The van der Waals surface area contributed by atoms with Crippen molar-refractivity contribution < 1.29 is 4.42 Å². The Labute approximate surface area is 85.2 Å². The third kappa shape index (κ3) is 1.62. The third-order valence-electron chi connectivity index (χ3n) is 1.78. The fourth-order valence-electron chi connectivity index (χ4n) is 1.06. The quantitative estimate of drug-likeness (QED) is 0.715. The number of thiophene rings is 1. The maximum Gasteiger partial charge on any atom is 0.227 e. The smallest absolute Gasteiger partial charge is 0.227 e. The number of nitrogens with zero attached hydrogens (tertiary/aromatic N) is 1. The van der Waals surface area contributed by atoms with Crippen molar-refractivity contribution in [3.05, 3.63) is 28.3 Å². The molecule has 0 aliphatic carbocycles. The molecule has 2 aromatic rings. The van der Waals surface area contributed by atoms with Crippen LogP contribution in [0.3, 0.4) is 0 Å². The van der Waals surface area contributed by atoms with Crippen LogP contribution in [-0.4, -0.2) is 4.98 Å². The van der Waals surface area contributed by atoms with E-state index in [4.69, 9.17) is 16.0 Å². The maximum atomic E-state index is 5.68. The van der Waals surface area contributed by atoms with E-state index in [0.29, 0.717) is 11.8 Å². The van der Waals surface area contributed by atoms with Gasteiger partial charge in [-0.1, -0.05) is 0 Å². The first-order chi connectivity index (χ1) is 6.31. The van der Waals surface area contributed by atoms with Crippen LogP contribution in [0.15, 0.2) is 21.2 Å². The fourth-order valence-corrected chi connectivity index (χ4v) is 1.94. The van der Waals surface area contributed by atoms with Crippen molar-refractivity contribution in [2.45, 2.75) is 12.8 Å². The largest absolute Gasteiger partial charge is 0.440 e. The van der Waals surface area contributed by atoms with Crippen LogP contribution in [0.25, 0.3) is 11.5 Å². The number of hydrogen-bond donors (Lipinski definition) is 0. The van der Waals surface area contributed by atoms with E-state index in [1.54, 1.807) is 11.3 Å². The molecular formula is C9H8ClNOS. The van der Waals surface area contributed by atoms with E-state index < -0.39 is 0 Å². The van der Waals surface area contributed by atoms with E-state index in [9.17, 15) is 0 Å². The van der Waals surface area contributed by atoms with Crippen LogP contribution >= 0.6 is 22.9 Å². The highest BCUT2D eigenvalue weighted by atomic mass is 35.5. The summed E-state index contributed by atoms with van der Waals surface area (Å²) >= 11 is 7.30. The lowest BCUT2D eigenvalue weighted by molar-refractivity contribution is 0.536. The number of halogens is 1. The zero-order valence-corrected chi connectivity index (χ0v) is 8.65. The van der Waals surface area contributed by atoms with E-state index in [2.05, 4.69) is 4.98 Å². The van der Waals surface area contributed by atoms with Crippen LogP contribution in [0.1, 0.15) is 11.5 Å². The Hall–Kier alpha value is -0.800. The van der Waals surface area contributed by atoms with Gasteiger partial charge in [0.1, 0.15) is 5.76 Å². The summed E-state index contributed by atoms with van der Waals surface area (Å²) in [4.78, 5) is 4.28. The third-order valence-corrected chi connectivity index (χ3v) is 2.71. The minimum absolute atomic E-state index is 0.378. The average Bonchev–Trinajstić information content (AvgIpc) is 2.71. The minimum atomic E-state index is 0.378. The molecule has 0 fully saturated rings. The summed E-state index contributed by atoms with van der Waals surface area (Å²) in [6.07, 6.45) is 0. The van der Waals surface area contributed by atoms with E-state index in [0.717, 1.165) is 17.0 Å². The van der Waals surface area contributed by atoms with Crippen molar-refractivity contribution >= 4 is 22.9 Å². The molecule has 2 aromatic heterocycles. The molecule has 0 atom stereocenters. The van der Waals surface area contributed by atoms with Gasteiger partial charge in [-0.05, 0) is 18.4 Å². The van der Waals surface area contributed by atoms with Gasteiger partial charge in [-0.2, -0.15) is 11.3 Å². The highest BCUT2D eigenvalue weighted by Gasteiger charge is 2.09. The molecule has 0 aromatic carbocycles. The van der Waals surface area contributed by atoms with Gasteiger partial charge in [0.25, 0.3) is 0 Å². The molecule has 0 saturated heterocycles. The molecule has 13 heavy (non-hydrogen) atoms. The molecule has 0 spiro atoms. The Kier molecular flexibility index (Phi) is 2.38. The normalized spacial score (nSPS) is 10.6. The van der Waals surface area contributed by atoms with Crippen molar-refractivity contribution in [3.63, 3.8) is 0 Å². The molecule has 2 rings (SSSR count). The Morgan fingerprint density at radius 1 is 1.62 bits per heavy atom. The topological polar surface area (TPSA) is 26.0 Å². The number of rotatable bonds is 2. The van der Waals surface area contributed by atoms with Crippen molar-refractivity contribution in [2.75, 3.05) is 0 Å². The number of oxazole rings is 1. The first kappa shape index (κ1) is 8.78. The molecule has 4 heteroatoms. The fraction of sp³-hybridized carbons (Fsp3) is 0.222. The predicted molar refractivity (Wildman–Crippen MR) is 54.1 cm³/mol. The lowest BCUT2D eigenvalue weighted by Gasteiger charge is -1.86. The van der Waals surface area contributed by atoms with Crippen LogP contribution in [-0.2, 0) is 5.88 Å². The summed E-state index contributed by atoms with van der Waals surface area (Å²) in [6.45, 7) is 1.90. The van der Waals surface area contributed by atoms with Crippen LogP contribution in [0.5, 0.6) is 0 Å². The van der Waals surface area contributed by atoms with Gasteiger partial charge in [-0.15, -0.1) is 11.6 Å². The molecule has 0 saturated carbocycles. The first-order valence-electron chi connectivity index (χ1n) is 3.86. The zero-order chi connectivity index (χ0) is 9.26. The van der Waals surface area contributed by atoms with Crippen molar-refractivity contribution in [1.29, 1.82) is 0 Å². The van der Waals surface area contributed by atoms with Gasteiger partial charge >= 0.3 is 0 Å². The SMILES string of the molecule is Cc1nc(-c2ccsc2)oc1CCl. The van der Waals surface area contributed by atoms with Crippen LogP contribution in [0.2, 0.25) is 0 Å². The van der Waals surface area contributed by atoms with Crippen LogP contribution in [0, 0.1) is 6.92 Å². The minimum Gasteiger partial charge on any atom is -0.440 e. The molecule has 0 aliphatic rings. The zero-order valence-electron chi connectivity index (χ0n) is 7.08. The lowest BCUT2D eigenvalue weighted by Crippen LogP contribution is -1.76. The highest BCUT2D eigenvalue weighted by Crippen LogP contribution is 2.24. The maximum absolute atomic E-state index is 5.68. The summed E-state index contributed by atoms with van der Waals surface area (Å²) in [7, 11) is 0. The lowest BCUT2D eigenvalue weighted by atomic mass is 10.3. The number of alkyl halides is 1. The van der Waals surface area contributed by atoms with Gasteiger partial charge in [0.2, 0.25) is 5.89 Å².